The quantitative estimate of drug-likeness (QED) is 0.582. The summed E-state index contributed by atoms with van der Waals surface area (Å²) in [5, 5.41) is 9.32. The molecule has 0 radical (unpaired) electrons. The molecule has 0 aliphatic rings. The lowest BCUT2D eigenvalue weighted by Gasteiger charge is -2.10. The number of nitrogens with one attached hydrogen (secondary N) is 1. The number of anilines is 2. The Morgan fingerprint density at radius 2 is 1.90 bits per heavy atom. The predicted octanol–water partition coefficient (Wildman–Crippen LogP) is 2.85. The Morgan fingerprint density at radius 3 is 2.50 bits per heavy atom. The van der Waals surface area contributed by atoms with Crippen LogP contribution in [0.15, 0.2) is 45.8 Å². The minimum absolute atomic E-state index is 0.00972. The van der Waals surface area contributed by atoms with Gasteiger partial charge >= 0.3 is 0 Å². The van der Waals surface area contributed by atoms with E-state index in [4.69, 9.17) is 5.73 Å². The molecule has 106 valence electrons. The van der Waals surface area contributed by atoms with Gasteiger partial charge < -0.3 is 10.8 Å². The van der Waals surface area contributed by atoms with Gasteiger partial charge in [0, 0.05) is 10.2 Å². The Morgan fingerprint density at radius 1 is 1.20 bits per heavy atom. The van der Waals surface area contributed by atoms with Crippen LogP contribution in [0, 0.1) is 6.92 Å². The van der Waals surface area contributed by atoms with Gasteiger partial charge in [-0.25, -0.2) is 8.42 Å². The molecule has 4 N–H and O–H groups in total. The van der Waals surface area contributed by atoms with Crippen LogP contribution in [0.25, 0.3) is 0 Å². The van der Waals surface area contributed by atoms with E-state index in [1.807, 2.05) is 6.92 Å². The summed E-state index contributed by atoms with van der Waals surface area (Å²) in [6.07, 6.45) is 0. The standard InChI is InChI=1S/C13H13BrN2O3S/c1-8-2-3-9(6-11(8)14)16-20(18,19)10-4-5-13(17)12(15)7-10/h2-7,16-17H,15H2,1H3. The molecule has 0 fully saturated rings. The van der Waals surface area contributed by atoms with E-state index in [-0.39, 0.29) is 16.3 Å². The SMILES string of the molecule is Cc1ccc(NS(=O)(=O)c2ccc(O)c(N)c2)cc1Br. The van der Waals surface area contributed by atoms with E-state index < -0.39 is 10.0 Å². The summed E-state index contributed by atoms with van der Waals surface area (Å²) < 4.78 is 27.7. The summed E-state index contributed by atoms with van der Waals surface area (Å²) in [6, 6.07) is 8.89. The van der Waals surface area contributed by atoms with Crippen molar-refractivity contribution in [1.82, 2.24) is 0 Å². The zero-order chi connectivity index (χ0) is 14.9. The van der Waals surface area contributed by atoms with Gasteiger partial charge in [0.25, 0.3) is 10.0 Å². The van der Waals surface area contributed by atoms with Gasteiger partial charge in [-0.15, -0.1) is 0 Å². The van der Waals surface area contributed by atoms with Crippen LogP contribution in [0.2, 0.25) is 0 Å². The van der Waals surface area contributed by atoms with Crippen LogP contribution in [0.3, 0.4) is 0 Å². The zero-order valence-electron chi connectivity index (χ0n) is 10.6. The number of phenols is 1. The number of rotatable bonds is 3. The number of sulfonamides is 1. The Bertz CT molecular complexity index is 760. The lowest BCUT2D eigenvalue weighted by atomic mass is 10.2. The van der Waals surface area contributed by atoms with Crippen molar-refractivity contribution >= 4 is 37.3 Å². The minimum atomic E-state index is -3.74. The van der Waals surface area contributed by atoms with Gasteiger partial charge in [0.2, 0.25) is 0 Å². The van der Waals surface area contributed by atoms with Crippen LogP contribution in [0.1, 0.15) is 5.56 Å². The Kier molecular flexibility index (Phi) is 3.92. The van der Waals surface area contributed by atoms with E-state index in [1.165, 1.54) is 18.2 Å². The van der Waals surface area contributed by atoms with Crippen molar-refractivity contribution in [3.8, 4) is 5.75 Å². The highest BCUT2D eigenvalue weighted by Crippen LogP contribution is 2.26. The number of aromatic hydroxyl groups is 1. The van der Waals surface area contributed by atoms with Crippen LogP contribution in [-0.4, -0.2) is 13.5 Å². The van der Waals surface area contributed by atoms with Crippen LogP contribution in [0.4, 0.5) is 11.4 Å². The van der Waals surface area contributed by atoms with Gasteiger partial charge in [-0.05, 0) is 42.8 Å². The summed E-state index contributed by atoms with van der Waals surface area (Å²) in [7, 11) is -3.74. The highest BCUT2D eigenvalue weighted by atomic mass is 79.9. The van der Waals surface area contributed by atoms with E-state index in [0.717, 1.165) is 10.0 Å². The molecule has 0 spiro atoms. The smallest absolute Gasteiger partial charge is 0.261 e. The molecule has 2 rings (SSSR count). The number of nitrogens with two attached hydrogens (primary N) is 1. The van der Waals surface area contributed by atoms with Crippen molar-refractivity contribution in [2.75, 3.05) is 10.5 Å². The minimum Gasteiger partial charge on any atom is -0.506 e. The summed E-state index contributed by atoms with van der Waals surface area (Å²) in [6.45, 7) is 1.91. The second-order valence-corrected chi connectivity index (χ2v) is 6.83. The lowest BCUT2D eigenvalue weighted by Crippen LogP contribution is -2.13. The fraction of sp³-hybridized carbons (Fsp3) is 0.0769. The normalized spacial score (nSPS) is 11.3. The predicted molar refractivity (Wildman–Crippen MR) is 82.2 cm³/mol. The number of phenolic OH excluding ortho intramolecular Hbond substituents is 1. The van der Waals surface area contributed by atoms with Crippen LogP contribution in [-0.2, 0) is 10.0 Å². The van der Waals surface area contributed by atoms with E-state index in [0.29, 0.717) is 5.69 Å². The first-order valence-electron chi connectivity index (χ1n) is 5.67. The molecular weight excluding hydrogens is 344 g/mol. The average molecular weight is 357 g/mol. The third-order valence-corrected chi connectivity index (χ3v) is 4.97. The summed E-state index contributed by atoms with van der Waals surface area (Å²) in [5.74, 6) is -0.151. The fourth-order valence-electron chi connectivity index (χ4n) is 1.57. The fourth-order valence-corrected chi connectivity index (χ4v) is 3.03. The molecule has 0 bridgehead atoms. The van der Waals surface area contributed by atoms with Crippen molar-refractivity contribution in [1.29, 1.82) is 0 Å². The monoisotopic (exact) mass is 356 g/mol. The second-order valence-electron chi connectivity index (χ2n) is 4.29. The number of aryl methyl sites for hydroxylation is 1. The molecule has 0 heterocycles. The number of benzene rings is 2. The number of hydrogen-bond donors (Lipinski definition) is 3. The third-order valence-electron chi connectivity index (χ3n) is 2.73. The van der Waals surface area contributed by atoms with Crippen molar-refractivity contribution < 1.29 is 13.5 Å². The van der Waals surface area contributed by atoms with E-state index in [2.05, 4.69) is 20.7 Å². The second kappa shape index (κ2) is 5.34. The number of halogens is 1. The van der Waals surface area contributed by atoms with E-state index in [9.17, 15) is 13.5 Å². The molecule has 0 saturated carbocycles. The average Bonchev–Trinajstić information content (AvgIpc) is 2.37. The Hall–Kier alpha value is -1.73. The van der Waals surface area contributed by atoms with Gasteiger partial charge in [0.05, 0.1) is 10.6 Å². The molecule has 0 aromatic heterocycles. The van der Waals surface area contributed by atoms with Crippen LogP contribution >= 0.6 is 15.9 Å². The first kappa shape index (κ1) is 14.7. The summed E-state index contributed by atoms with van der Waals surface area (Å²) in [4.78, 5) is -0.00972. The van der Waals surface area contributed by atoms with Crippen molar-refractivity contribution in [3.63, 3.8) is 0 Å². The highest BCUT2D eigenvalue weighted by Gasteiger charge is 2.15. The molecule has 0 aliphatic carbocycles. The molecule has 2 aromatic rings. The lowest BCUT2D eigenvalue weighted by molar-refractivity contribution is 0.477. The molecule has 0 aliphatic heterocycles. The number of nitrogen functional groups attached to an aromatic ring is 1. The summed E-state index contributed by atoms with van der Waals surface area (Å²) >= 11 is 3.34. The molecule has 2 aromatic carbocycles. The molecule has 0 amide bonds. The van der Waals surface area contributed by atoms with Gasteiger partial charge in [-0.3, -0.25) is 4.72 Å². The van der Waals surface area contributed by atoms with Crippen LogP contribution in [0.5, 0.6) is 5.75 Å². The molecule has 5 nitrogen and oxygen atoms in total. The maximum Gasteiger partial charge on any atom is 0.261 e. The zero-order valence-corrected chi connectivity index (χ0v) is 13.0. The Labute approximate surface area is 125 Å². The highest BCUT2D eigenvalue weighted by molar-refractivity contribution is 9.10. The van der Waals surface area contributed by atoms with Crippen molar-refractivity contribution in [3.05, 3.63) is 46.4 Å². The van der Waals surface area contributed by atoms with Gasteiger partial charge in [-0.1, -0.05) is 22.0 Å². The summed E-state index contributed by atoms with van der Waals surface area (Å²) in [5.41, 5.74) is 6.96. The maximum absolute atomic E-state index is 12.2. The van der Waals surface area contributed by atoms with Crippen molar-refractivity contribution in [2.24, 2.45) is 0 Å². The van der Waals surface area contributed by atoms with Crippen LogP contribution < -0.4 is 10.5 Å². The van der Waals surface area contributed by atoms with Gasteiger partial charge in [0.15, 0.2) is 0 Å². The Balaban J connectivity index is 2.35. The first-order chi connectivity index (χ1) is 9.29. The largest absolute Gasteiger partial charge is 0.506 e. The molecule has 0 unspecified atom stereocenters. The van der Waals surface area contributed by atoms with Gasteiger partial charge in [0.1, 0.15) is 5.75 Å². The topological polar surface area (TPSA) is 92.4 Å². The van der Waals surface area contributed by atoms with Crippen molar-refractivity contribution in [2.45, 2.75) is 11.8 Å². The maximum atomic E-state index is 12.2. The van der Waals surface area contributed by atoms with E-state index >= 15 is 0 Å². The molecule has 0 saturated heterocycles. The first-order valence-corrected chi connectivity index (χ1v) is 7.95. The molecular formula is C13H13BrN2O3S. The molecule has 0 atom stereocenters. The van der Waals surface area contributed by atoms with Gasteiger partial charge in [-0.2, -0.15) is 0 Å². The third kappa shape index (κ3) is 3.05. The number of hydrogen-bond acceptors (Lipinski definition) is 4. The molecule has 7 heteroatoms. The van der Waals surface area contributed by atoms with E-state index in [1.54, 1.807) is 18.2 Å². The molecule has 20 heavy (non-hydrogen) atoms.